The highest BCUT2D eigenvalue weighted by Crippen LogP contribution is 2.20. The van der Waals surface area contributed by atoms with Crippen LogP contribution in [-0.2, 0) is 6.54 Å². The lowest BCUT2D eigenvalue weighted by atomic mass is 10.3. The zero-order valence-corrected chi connectivity index (χ0v) is 16.4. The van der Waals surface area contributed by atoms with Gasteiger partial charge in [0.15, 0.2) is 17.6 Å². The maximum Gasteiger partial charge on any atom is 0.191 e. The number of hydrogen-bond donors (Lipinski definition) is 2. The van der Waals surface area contributed by atoms with Crippen molar-refractivity contribution in [3.8, 4) is 0 Å². The zero-order valence-electron chi connectivity index (χ0n) is 14.0. The number of aromatic nitrogens is 2. The van der Waals surface area contributed by atoms with Gasteiger partial charge in [0.25, 0.3) is 0 Å². The van der Waals surface area contributed by atoms with Gasteiger partial charge < -0.3 is 15.5 Å². The van der Waals surface area contributed by atoms with Crippen molar-refractivity contribution in [2.45, 2.75) is 19.0 Å². The first-order chi connectivity index (χ1) is 11.8. The summed E-state index contributed by atoms with van der Waals surface area (Å²) in [5.74, 6) is 0.850. The van der Waals surface area contributed by atoms with Gasteiger partial charge in [-0.1, -0.05) is 6.07 Å². The first-order valence-corrected chi connectivity index (χ1v) is 7.99. The summed E-state index contributed by atoms with van der Waals surface area (Å²) in [6.07, 6.45) is 4.29. The van der Waals surface area contributed by atoms with Crippen LogP contribution in [0.15, 0.2) is 47.7 Å². The van der Waals surface area contributed by atoms with Crippen molar-refractivity contribution >= 4 is 35.8 Å². The minimum atomic E-state index is -0.282. The Morgan fingerprint density at radius 3 is 2.84 bits per heavy atom. The van der Waals surface area contributed by atoms with Crippen LogP contribution in [0.25, 0.3) is 0 Å². The van der Waals surface area contributed by atoms with E-state index in [0.29, 0.717) is 24.9 Å². The van der Waals surface area contributed by atoms with Crippen molar-refractivity contribution in [1.29, 1.82) is 0 Å². The van der Waals surface area contributed by atoms with Crippen molar-refractivity contribution in [3.63, 3.8) is 0 Å². The summed E-state index contributed by atoms with van der Waals surface area (Å²) in [5.41, 5.74) is 0.948. The molecule has 25 heavy (non-hydrogen) atoms. The van der Waals surface area contributed by atoms with E-state index >= 15 is 0 Å². The lowest BCUT2D eigenvalue weighted by Gasteiger charge is -2.19. The number of pyridine rings is 2. The number of nitrogens with zero attached hydrogens (tertiary/aromatic N) is 4. The van der Waals surface area contributed by atoms with E-state index in [-0.39, 0.29) is 35.8 Å². The Morgan fingerprint density at radius 1 is 1.28 bits per heavy atom. The number of anilines is 1. The van der Waals surface area contributed by atoms with Crippen LogP contribution in [-0.4, -0.2) is 42.1 Å². The fourth-order valence-corrected chi connectivity index (χ4v) is 2.75. The largest absolute Gasteiger partial charge is 0.352 e. The summed E-state index contributed by atoms with van der Waals surface area (Å²) < 4.78 is 13.8. The molecular weight excluding hydrogens is 434 g/mol. The highest BCUT2D eigenvalue weighted by atomic mass is 127. The topological polar surface area (TPSA) is 65.4 Å². The van der Waals surface area contributed by atoms with Crippen LogP contribution >= 0.6 is 24.0 Å². The molecule has 1 aliphatic heterocycles. The number of rotatable bonds is 4. The highest BCUT2D eigenvalue weighted by Gasteiger charge is 2.25. The second kappa shape index (κ2) is 9.50. The third-order valence-corrected chi connectivity index (χ3v) is 3.95. The summed E-state index contributed by atoms with van der Waals surface area (Å²) in [6.45, 7) is 2.06. The smallest absolute Gasteiger partial charge is 0.191 e. The lowest BCUT2D eigenvalue weighted by molar-refractivity contribution is 0.612. The molecule has 0 saturated carbocycles. The van der Waals surface area contributed by atoms with E-state index in [1.807, 2.05) is 23.1 Å². The predicted molar refractivity (Wildman–Crippen MR) is 108 cm³/mol. The van der Waals surface area contributed by atoms with Crippen LogP contribution in [0, 0.1) is 5.82 Å². The number of guanidine groups is 1. The molecule has 0 radical (unpaired) electrons. The van der Waals surface area contributed by atoms with E-state index in [1.54, 1.807) is 25.5 Å². The molecular formula is C17H22FIN6. The Balaban J connectivity index is 0.00000225. The van der Waals surface area contributed by atoms with Crippen molar-refractivity contribution in [2.75, 3.05) is 25.0 Å². The van der Waals surface area contributed by atoms with Gasteiger partial charge >= 0.3 is 0 Å². The van der Waals surface area contributed by atoms with Gasteiger partial charge in [0.2, 0.25) is 0 Å². The molecule has 134 valence electrons. The normalized spacial score (nSPS) is 17.1. The molecule has 3 rings (SSSR count). The Morgan fingerprint density at radius 2 is 2.12 bits per heavy atom. The van der Waals surface area contributed by atoms with Crippen LogP contribution in [0.4, 0.5) is 10.2 Å². The standard InChI is InChI=1S/C17H21FN6.HI/c1-19-17(22-11-13-5-2-3-8-20-13)23-14-7-10-24(12-14)16-15(18)6-4-9-21-16;/h2-6,8-9,14H,7,10-12H2,1H3,(H2,19,22,23);1H. The second-order valence-corrected chi connectivity index (χ2v) is 5.63. The number of halogens is 2. The van der Waals surface area contributed by atoms with Crippen molar-refractivity contribution < 1.29 is 4.39 Å². The van der Waals surface area contributed by atoms with Crippen molar-refractivity contribution in [2.24, 2.45) is 4.99 Å². The van der Waals surface area contributed by atoms with Crippen molar-refractivity contribution in [3.05, 3.63) is 54.2 Å². The third kappa shape index (κ3) is 5.25. The number of aliphatic imine (C=N–C) groups is 1. The molecule has 3 heterocycles. The molecule has 0 bridgehead atoms. The van der Waals surface area contributed by atoms with Crippen LogP contribution in [0.3, 0.4) is 0 Å². The van der Waals surface area contributed by atoms with Gasteiger partial charge in [0.1, 0.15) is 0 Å². The van der Waals surface area contributed by atoms with E-state index in [9.17, 15) is 4.39 Å². The van der Waals surface area contributed by atoms with Gasteiger partial charge in [-0.15, -0.1) is 24.0 Å². The minimum Gasteiger partial charge on any atom is -0.352 e. The molecule has 2 N–H and O–H groups in total. The van der Waals surface area contributed by atoms with Crippen LogP contribution in [0.2, 0.25) is 0 Å². The monoisotopic (exact) mass is 456 g/mol. The molecule has 0 spiro atoms. The summed E-state index contributed by atoms with van der Waals surface area (Å²) >= 11 is 0. The minimum absolute atomic E-state index is 0. The van der Waals surface area contributed by atoms with Gasteiger partial charge in [-0.2, -0.15) is 0 Å². The molecule has 0 aromatic carbocycles. The number of hydrogen-bond acceptors (Lipinski definition) is 4. The first kappa shape index (κ1) is 19.4. The van der Waals surface area contributed by atoms with Crippen LogP contribution in [0.5, 0.6) is 0 Å². The van der Waals surface area contributed by atoms with Crippen LogP contribution in [0.1, 0.15) is 12.1 Å². The first-order valence-electron chi connectivity index (χ1n) is 7.99. The van der Waals surface area contributed by atoms with E-state index in [1.165, 1.54) is 6.07 Å². The fourth-order valence-electron chi connectivity index (χ4n) is 2.75. The molecule has 0 aliphatic carbocycles. The molecule has 1 aliphatic rings. The summed E-state index contributed by atoms with van der Waals surface area (Å²) in [7, 11) is 1.74. The average molecular weight is 456 g/mol. The molecule has 0 amide bonds. The Bertz CT molecular complexity index is 697. The van der Waals surface area contributed by atoms with Gasteiger partial charge in [-0.25, -0.2) is 9.37 Å². The molecule has 2 aromatic rings. The molecule has 2 aromatic heterocycles. The Labute approximate surface area is 164 Å². The van der Waals surface area contributed by atoms with Gasteiger partial charge in [0, 0.05) is 38.6 Å². The predicted octanol–water partition coefficient (Wildman–Crippen LogP) is 2.18. The van der Waals surface area contributed by atoms with Gasteiger partial charge in [0.05, 0.1) is 12.2 Å². The number of nitrogens with one attached hydrogen (secondary N) is 2. The Kier molecular flexibility index (Phi) is 7.35. The van der Waals surface area contributed by atoms with Crippen molar-refractivity contribution in [1.82, 2.24) is 20.6 Å². The SMILES string of the molecule is CN=C(NCc1ccccn1)NC1CCN(c2ncccc2F)C1.I. The maximum absolute atomic E-state index is 13.8. The zero-order chi connectivity index (χ0) is 16.8. The second-order valence-electron chi connectivity index (χ2n) is 5.63. The average Bonchev–Trinajstić information content (AvgIpc) is 3.08. The molecule has 8 heteroatoms. The van der Waals surface area contributed by atoms with E-state index in [2.05, 4.69) is 25.6 Å². The van der Waals surface area contributed by atoms with E-state index < -0.39 is 0 Å². The van der Waals surface area contributed by atoms with Gasteiger partial charge in [-0.3, -0.25) is 9.98 Å². The summed E-state index contributed by atoms with van der Waals surface area (Å²) in [6, 6.07) is 9.05. The summed E-state index contributed by atoms with van der Waals surface area (Å²) in [5, 5.41) is 6.62. The summed E-state index contributed by atoms with van der Waals surface area (Å²) in [4.78, 5) is 14.6. The molecule has 1 saturated heterocycles. The molecule has 1 unspecified atom stereocenters. The molecule has 6 nitrogen and oxygen atoms in total. The lowest BCUT2D eigenvalue weighted by Crippen LogP contribution is -2.44. The quantitative estimate of drug-likeness (QED) is 0.420. The highest BCUT2D eigenvalue weighted by molar-refractivity contribution is 14.0. The Hall–Kier alpha value is -1.97. The van der Waals surface area contributed by atoms with E-state index in [0.717, 1.165) is 18.7 Å². The maximum atomic E-state index is 13.8. The van der Waals surface area contributed by atoms with Gasteiger partial charge in [-0.05, 0) is 30.7 Å². The van der Waals surface area contributed by atoms with Crippen LogP contribution < -0.4 is 15.5 Å². The molecule has 1 atom stereocenters. The third-order valence-electron chi connectivity index (χ3n) is 3.95. The molecule has 1 fully saturated rings. The van der Waals surface area contributed by atoms with E-state index in [4.69, 9.17) is 0 Å². The fraction of sp³-hybridized carbons (Fsp3) is 0.353.